The molecule has 2 aromatic heterocycles. The van der Waals surface area contributed by atoms with Crippen LogP contribution in [0.15, 0.2) is 6.07 Å². The highest BCUT2D eigenvalue weighted by molar-refractivity contribution is 5.92. The molecule has 122 valence electrons. The van der Waals surface area contributed by atoms with Gasteiger partial charge in [-0.15, -0.1) is 10.2 Å². The Morgan fingerprint density at radius 3 is 2.70 bits per heavy atom. The number of amides is 1. The van der Waals surface area contributed by atoms with Crippen molar-refractivity contribution in [3.63, 3.8) is 0 Å². The third-order valence-corrected chi connectivity index (χ3v) is 5.01. The molecule has 2 aliphatic heterocycles. The van der Waals surface area contributed by atoms with E-state index < -0.39 is 0 Å². The molecule has 1 saturated heterocycles. The molecule has 0 radical (unpaired) electrons. The molecular weight excluding hydrogens is 292 g/mol. The Bertz CT molecular complexity index is 738. The van der Waals surface area contributed by atoms with Gasteiger partial charge in [0.2, 0.25) is 0 Å². The summed E-state index contributed by atoms with van der Waals surface area (Å²) in [6, 6.07) is 1.86. The summed E-state index contributed by atoms with van der Waals surface area (Å²) in [4.78, 5) is 14.6. The molecule has 1 fully saturated rings. The van der Waals surface area contributed by atoms with Crippen LogP contribution >= 0.6 is 0 Å². The van der Waals surface area contributed by atoms with E-state index in [1.165, 1.54) is 6.42 Å². The highest BCUT2D eigenvalue weighted by Crippen LogP contribution is 2.29. The number of carbonyl (C=O) groups is 1. The summed E-state index contributed by atoms with van der Waals surface area (Å²) >= 11 is 0. The van der Waals surface area contributed by atoms with Gasteiger partial charge in [-0.1, -0.05) is 0 Å². The maximum Gasteiger partial charge on any atom is 0.272 e. The molecule has 0 aromatic carbocycles. The molecule has 4 rings (SSSR count). The van der Waals surface area contributed by atoms with Crippen LogP contribution in [0.3, 0.4) is 0 Å². The molecule has 23 heavy (non-hydrogen) atoms. The maximum atomic E-state index is 12.6. The van der Waals surface area contributed by atoms with E-state index in [9.17, 15) is 4.79 Å². The Kier molecular flexibility index (Phi) is 3.43. The van der Waals surface area contributed by atoms with Crippen LogP contribution in [0.4, 0.5) is 0 Å². The minimum atomic E-state index is 0.0815. The second-order valence-electron chi connectivity index (χ2n) is 6.59. The number of aromatic nitrogens is 5. The number of nitrogens with zero attached hydrogens (tertiary/aromatic N) is 6. The van der Waals surface area contributed by atoms with Gasteiger partial charge in [0.1, 0.15) is 17.3 Å². The lowest BCUT2D eigenvalue weighted by Gasteiger charge is -2.31. The number of fused-ring (bicyclic) bond motifs is 1. The number of hydrogen-bond acceptors (Lipinski definition) is 4. The van der Waals surface area contributed by atoms with Crippen molar-refractivity contribution in [3.05, 3.63) is 29.1 Å². The summed E-state index contributed by atoms with van der Waals surface area (Å²) in [7, 11) is 1.83. The number of hydrogen-bond donors (Lipinski definition) is 0. The van der Waals surface area contributed by atoms with E-state index in [0.29, 0.717) is 11.6 Å². The van der Waals surface area contributed by atoms with Crippen LogP contribution in [-0.4, -0.2) is 48.4 Å². The summed E-state index contributed by atoms with van der Waals surface area (Å²) in [5.41, 5.74) is 1.55. The van der Waals surface area contributed by atoms with Crippen LogP contribution in [0.2, 0.25) is 0 Å². The zero-order valence-corrected chi connectivity index (χ0v) is 13.7. The predicted molar refractivity (Wildman–Crippen MR) is 84.2 cm³/mol. The molecule has 4 heterocycles. The van der Waals surface area contributed by atoms with Gasteiger partial charge in [-0.05, 0) is 32.3 Å². The fourth-order valence-electron chi connectivity index (χ4n) is 3.79. The first-order valence-electron chi connectivity index (χ1n) is 8.35. The number of aryl methyl sites for hydroxylation is 3. The monoisotopic (exact) mass is 314 g/mol. The summed E-state index contributed by atoms with van der Waals surface area (Å²) in [6.07, 6.45) is 4.14. The Hall–Kier alpha value is -2.18. The van der Waals surface area contributed by atoms with Gasteiger partial charge in [0, 0.05) is 39.0 Å². The normalized spacial score (nSPS) is 18.4. The van der Waals surface area contributed by atoms with Gasteiger partial charge in [-0.2, -0.15) is 5.10 Å². The topological polar surface area (TPSA) is 68.8 Å². The second-order valence-corrected chi connectivity index (χ2v) is 6.59. The van der Waals surface area contributed by atoms with Gasteiger partial charge in [0.25, 0.3) is 5.91 Å². The van der Waals surface area contributed by atoms with Crippen molar-refractivity contribution in [2.45, 2.75) is 45.1 Å². The van der Waals surface area contributed by atoms with Crippen molar-refractivity contribution in [2.24, 2.45) is 7.05 Å². The van der Waals surface area contributed by atoms with Crippen LogP contribution < -0.4 is 0 Å². The smallest absolute Gasteiger partial charge is 0.272 e. The Morgan fingerprint density at radius 1 is 1.22 bits per heavy atom. The summed E-state index contributed by atoms with van der Waals surface area (Å²) in [5.74, 6) is 2.76. The van der Waals surface area contributed by atoms with Gasteiger partial charge in [0.05, 0.1) is 5.69 Å². The predicted octanol–water partition coefficient (Wildman–Crippen LogP) is 1.29. The standard InChI is InChI=1S/C16H22N6O/c1-11-10-13(20(2)19-11)16(23)21-8-5-12(6-9-21)15-18-17-14-4-3-7-22(14)15/h10,12H,3-9H2,1-2H3. The zero-order valence-electron chi connectivity index (χ0n) is 13.7. The lowest BCUT2D eigenvalue weighted by atomic mass is 9.95. The van der Waals surface area contributed by atoms with Crippen LogP contribution in [0, 0.1) is 6.92 Å². The molecule has 0 bridgehead atoms. The highest BCUT2D eigenvalue weighted by Gasteiger charge is 2.30. The van der Waals surface area contributed by atoms with E-state index in [2.05, 4.69) is 19.9 Å². The van der Waals surface area contributed by atoms with Gasteiger partial charge >= 0.3 is 0 Å². The van der Waals surface area contributed by atoms with Crippen LogP contribution in [0.5, 0.6) is 0 Å². The molecule has 0 saturated carbocycles. The summed E-state index contributed by atoms with van der Waals surface area (Å²) in [6.45, 7) is 4.51. The van der Waals surface area contributed by atoms with Crippen molar-refractivity contribution in [2.75, 3.05) is 13.1 Å². The van der Waals surface area contributed by atoms with Gasteiger partial charge < -0.3 is 9.47 Å². The lowest BCUT2D eigenvalue weighted by Crippen LogP contribution is -2.39. The summed E-state index contributed by atoms with van der Waals surface area (Å²) < 4.78 is 3.96. The molecule has 2 aliphatic rings. The first-order chi connectivity index (χ1) is 11.1. The number of piperidine rings is 1. The molecule has 0 spiro atoms. The molecule has 7 nitrogen and oxygen atoms in total. The Morgan fingerprint density at radius 2 is 2.00 bits per heavy atom. The SMILES string of the molecule is Cc1cc(C(=O)N2CCC(c3nnc4n3CCC4)CC2)n(C)n1. The average molecular weight is 314 g/mol. The molecule has 0 unspecified atom stereocenters. The van der Waals surface area contributed by atoms with E-state index in [1.54, 1.807) is 4.68 Å². The van der Waals surface area contributed by atoms with Gasteiger partial charge in [-0.25, -0.2) is 0 Å². The van der Waals surface area contributed by atoms with Gasteiger partial charge in [-0.3, -0.25) is 9.48 Å². The molecule has 7 heteroatoms. The zero-order chi connectivity index (χ0) is 16.0. The molecule has 1 amide bonds. The maximum absolute atomic E-state index is 12.6. The van der Waals surface area contributed by atoms with Gasteiger partial charge in [0.15, 0.2) is 0 Å². The fourth-order valence-corrected chi connectivity index (χ4v) is 3.79. The number of rotatable bonds is 2. The number of carbonyl (C=O) groups excluding carboxylic acids is 1. The average Bonchev–Trinajstić information content (AvgIpc) is 3.22. The minimum absolute atomic E-state index is 0.0815. The Balaban J connectivity index is 1.45. The third kappa shape index (κ3) is 2.44. The molecule has 0 aliphatic carbocycles. The lowest BCUT2D eigenvalue weighted by molar-refractivity contribution is 0.0699. The third-order valence-electron chi connectivity index (χ3n) is 5.01. The fraction of sp³-hybridized carbons (Fsp3) is 0.625. The van der Waals surface area contributed by atoms with E-state index >= 15 is 0 Å². The van der Waals surface area contributed by atoms with E-state index in [4.69, 9.17) is 0 Å². The molecule has 2 aromatic rings. The first-order valence-corrected chi connectivity index (χ1v) is 8.35. The van der Waals surface area contributed by atoms with Crippen molar-refractivity contribution < 1.29 is 4.79 Å². The Labute approximate surface area is 135 Å². The van der Waals surface area contributed by atoms with Crippen molar-refractivity contribution in [1.29, 1.82) is 0 Å². The molecule has 0 atom stereocenters. The van der Waals surface area contributed by atoms with Crippen molar-refractivity contribution in [3.8, 4) is 0 Å². The molecule has 0 N–H and O–H groups in total. The van der Waals surface area contributed by atoms with Crippen LogP contribution in [0.1, 0.15) is 53.0 Å². The summed E-state index contributed by atoms with van der Waals surface area (Å²) in [5, 5.41) is 13.0. The minimum Gasteiger partial charge on any atom is -0.337 e. The first kappa shape index (κ1) is 14.4. The second kappa shape index (κ2) is 5.47. The van der Waals surface area contributed by atoms with E-state index in [0.717, 1.165) is 56.2 Å². The quantitative estimate of drug-likeness (QED) is 0.837. The van der Waals surface area contributed by atoms with Crippen LogP contribution in [0.25, 0.3) is 0 Å². The van der Waals surface area contributed by atoms with Crippen molar-refractivity contribution in [1.82, 2.24) is 29.4 Å². The largest absolute Gasteiger partial charge is 0.337 e. The highest BCUT2D eigenvalue weighted by atomic mass is 16.2. The molecular formula is C16H22N6O. The van der Waals surface area contributed by atoms with Crippen LogP contribution in [-0.2, 0) is 20.0 Å². The van der Waals surface area contributed by atoms with E-state index in [1.807, 2.05) is 24.9 Å². The number of likely N-dealkylation sites (tertiary alicyclic amines) is 1. The van der Waals surface area contributed by atoms with Crippen molar-refractivity contribution >= 4 is 5.91 Å². The van der Waals surface area contributed by atoms with E-state index in [-0.39, 0.29) is 5.91 Å².